The maximum atomic E-state index is 12.0. The maximum absolute atomic E-state index is 12.0. The Labute approximate surface area is 138 Å². The van der Waals surface area contributed by atoms with Crippen molar-refractivity contribution >= 4 is 41.0 Å². The average molecular weight is 335 g/mol. The van der Waals surface area contributed by atoms with Crippen molar-refractivity contribution in [3.8, 4) is 0 Å². The molecule has 0 spiro atoms. The molecular formula is C17H12Cl2O3. The molecule has 0 aliphatic carbocycles. The Morgan fingerprint density at radius 2 is 1.59 bits per heavy atom. The van der Waals surface area contributed by atoms with Gasteiger partial charge in [0.1, 0.15) is 0 Å². The Morgan fingerprint density at radius 1 is 0.955 bits per heavy atom. The van der Waals surface area contributed by atoms with Crippen LogP contribution >= 0.6 is 23.2 Å². The van der Waals surface area contributed by atoms with Gasteiger partial charge in [-0.3, -0.25) is 4.79 Å². The second-order valence-corrected chi connectivity index (χ2v) is 5.25. The summed E-state index contributed by atoms with van der Waals surface area (Å²) in [5.41, 5.74) is 1.70. The smallest absolute Gasteiger partial charge is 0.337 e. The number of benzene rings is 2. The molecule has 112 valence electrons. The van der Waals surface area contributed by atoms with Crippen molar-refractivity contribution in [2.24, 2.45) is 0 Å². The zero-order valence-corrected chi connectivity index (χ0v) is 13.2. The Morgan fingerprint density at radius 3 is 2.18 bits per heavy atom. The normalized spacial score (nSPS) is 10.7. The molecule has 22 heavy (non-hydrogen) atoms. The number of hydrogen-bond acceptors (Lipinski definition) is 3. The summed E-state index contributed by atoms with van der Waals surface area (Å²) in [6.07, 6.45) is 3.10. The zero-order valence-electron chi connectivity index (χ0n) is 11.7. The maximum Gasteiger partial charge on any atom is 0.337 e. The van der Waals surface area contributed by atoms with Crippen LogP contribution in [0.1, 0.15) is 26.3 Å². The standard InChI is InChI=1S/C17H12Cl2O3/c1-22-17(21)12-5-2-11(3-6-12)4-9-16(20)13-7-8-14(18)15(19)10-13/h2-10H,1H3. The summed E-state index contributed by atoms with van der Waals surface area (Å²) in [6.45, 7) is 0. The molecule has 0 unspecified atom stereocenters. The molecule has 2 aromatic carbocycles. The van der Waals surface area contributed by atoms with Gasteiger partial charge in [0.05, 0.1) is 22.7 Å². The SMILES string of the molecule is COC(=O)c1ccc(C=CC(=O)c2ccc(Cl)c(Cl)c2)cc1. The van der Waals surface area contributed by atoms with Crippen LogP contribution in [0.4, 0.5) is 0 Å². The van der Waals surface area contributed by atoms with Gasteiger partial charge in [0, 0.05) is 5.56 Å². The van der Waals surface area contributed by atoms with Crippen molar-refractivity contribution in [3.63, 3.8) is 0 Å². The van der Waals surface area contributed by atoms with Crippen molar-refractivity contribution in [1.29, 1.82) is 0 Å². The highest BCUT2D eigenvalue weighted by Gasteiger charge is 2.06. The van der Waals surface area contributed by atoms with E-state index in [0.717, 1.165) is 5.56 Å². The van der Waals surface area contributed by atoms with Crippen LogP contribution in [-0.4, -0.2) is 18.9 Å². The summed E-state index contributed by atoms with van der Waals surface area (Å²) in [6, 6.07) is 11.4. The molecule has 0 fully saturated rings. The fraction of sp³-hybridized carbons (Fsp3) is 0.0588. The second-order valence-electron chi connectivity index (χ2n) is 4.44. The van der Waals surface area contributed by atoms with Gasteiger partial charge in [0.25, 0.3) is 0 Å². The molecule has 0 bridgehead atoms. The molecule has 0 heterocycles. The lowest BCUT2D eigenvalue weighted by Crippen LogP contribution is -2.00. The number of halogens is 2. The Hall–Kier alpha value is -2.10. The van der Waals surface area contributed by atoms with Gasteiger partial charge in [-0.25, -0.2) is 4.79 Å². The lowest BCUT2D eigenvalue weighted by Gasteiger charge is -2.00. The molecule has 2 aromatic rings. The van der Waals surface area contributed by atoms with E-state index in [9.17, 15) is 9.59 Å². The van der Waals surface area contributed by atoms with Crippen LogP contribution in [0.15, 0.2) is 48.5 Å². The topological polar surface area (TPSA) is 43.4 Å². The number of ether oxygens (including phenoxy) is 1. The van der Waals surface area contributed by atoms with Crippen LogP contribution in [0, 0.1) is 0 Å². The van der Waals surface area contributed by atoms with E-state index in [-0.39, 0.29) is 5.78 Å². The predicted molar refractivity (Wildman–Crippen MR) is 87.6 cm³/mol. The van der Waals surface area contributed by atoms with Gasteiger partial charge in [-0.15, -0.1) is 0 Å². The molecule has 0 aromatic heterocycles. The van der Waals surface area contributed by atoms with Gasteiger partial charge in [-0.1, -0.05) is 41.4 Å². The minimum Gasteiger partial charge on any atom is -0.465 e. The highest BCUT2D eigenvalue weighted by atomic mass is 35.5. The highest BCUT2D eigenvalue weighted by molar-refractivity contribution is 6.42. The van der Waals surface area contributed by atoms with Gasteiger partial charge in [-0.2, -0.15) is 0 Å². The highest BCUT2D eigenvalue weighted by Crippen LogP contribution is 2.23. The molecule has 3 nitrogen and oxygen atoms in total. The first-order chi connectivity index (χ1) is 10.5. The van der Waals surface area contributed by atoms with E-state index < -0.39 is 5.97 Å². The van der Waals surface area contributed by atoms with Crippen LogP contribution in [0.3, 0.4) is 0 Å². The van der Waals surface area contributed by atoms with E-state index in [1.54, 1.807) is 42.5 Å². The van der Waals surface area contributed by atoms with Crippen molar-refractivity contribution in [2.75, 3.05) is 7.11 Å². The summed E-state index contributed by atoms with van der Waals surface area (Å²) in [5, 5.41) is 0.740. The first-order valence-corrected chi connectivity index (χ1v) is 7.12. The summed E-state index contributed by atoms with van der Waals surface area (Å²) >= 11 is 11.7. The molecule has 0 aliphatic heterocycles. The van der Waals surface area contributed by atoms with Gasteiger partial charge in [0.15, 0.2) is 5.78 Å². The molecule has 0 N–H and O–H groups in total. The molecule has 0 atom stereocenters. The number of carbonyl (C=O) groups excluding carboxylic acids is 2. The number of methoxy groups -OCH3 is 1. The first-order valence-electron chi connectivity index (χ1n) is 6.37. The number of carbonyl (C=O) groups is 2. The lowest BCUT2D eigenvalue weighted by atomic mass is 10.1. The van der Waals surface area contributed by atoms with Gasteiger partial charge >= 0.3 is 5.97 Å². The molecule has 0 saturated carbocycles. The number of rotatable bonds is 4. The quantitative estimate of drug-likeness (QED) is 0.463. The summed E-state index contributed by atoms with van der Waals surface area (Å²) < 4.78 is 4.62. The Kier molecular flexibility index (Phi) is 5.36. The van der Waals surface area contributed by atoms with Crippen LogP contribution in [0.5, 0.6) is 0 Å². The Balaban J connectivity index is 2.12. The van der Waals surface area contributed by atoms with Crippen LogP contribution < -0.4 is 0 Å². The third-order valence-corrected chi connectivity index (χ3v) is 3.70. The van der Waals surface area contributed by atoms with Crippen molar-refractivity contribution < 1.29 is 14.3 Å². The van der Waals surface area contributed by atoms with Gasteiger partial charge in [0.2, 0.25) is 0 Å². The molecule has 2 rings (SSSR count). The first kappa shape index (κ1) is 16.3. The van der Waals surface area contributed by atoms with E-state index in [1.807, 2.05) is 0 Å². The van der Waals surface area contributed by atoms with Crippen molar-refractivity contribution in [1.82, 2.24) is 0 Å². The summed E-state index contributed by atoms with van der Waals surface area (Å²) in [5.74, 6) is -0.585. The summed E-state index contributed by atoms with van der Waals surface area (Å²) in [4.78, 5) is 23.4. The van der Waals surface area contributed by atoms with Gasteiger partial charge < -0.3 is 4.74 Å². The third kappa shape index (κ3) is 3.97. The third-order valence-electron chi connectivity index (χ3n) is 2.96. The van der Waals surface area contributed by atoms with Crippen LogP contribution in [0.25, 0.3) is 6.08 Å². The molecule has 0 aliphatic rings. The van der Waals surface area contributed by atoms with Gasteiger partial charge in [-0.05, 0) is 42.0 Å². The molecule has 0 amide bonds. The fourth-order valence-corrected chi connectivity index (χ4v) is 2.06. The van der Waals surface area contributed by atoms with E-state index in [0.29, 0.717) is 21.2 Å². The van der Waals surface area contributed by atoms with Crippen molar-refractivity contribution in [2.45, 2.75) is 0 Å². The molecule has 5 heteroatoms. The summed E-state index contributed by atoms with van der Waals surface area (Å²) in [7, 11) is 1.33. The minimum atomic E-state index is -0.401. The molecule has 0 saturated heterocycles. The number of esters is 1. The zero-order chi connectivity index (χ0) is 16.1. The number of allylic oxidation sites excluding steroid dienone is 1. The van der Waals surface area contributed by atoms with Crippen LogP contribution in [-0.2, 0) is 4.74 Å². The van der Waals surface area contributed by atoms with E-state index in [2.05, 4.69) is 4.74 Å². The number of hydrogen-bond donors (Lipinski definition) is 0. The minimum absolute atomic E-state index is 0.185. The predicted octanol–water partition coefficient (Wildman–Crippen LogP) is 4.68. The fourth-order valence-electron chi connectivity index (χ4n) is 1.77. The lowest BCUT2D eigenvalue weighted by molar-refractivity contribution is 0.0600. The van der Waals surface area contributed by atoms with Crippen molar-refractivity contribution in [3.05, 3.63) is 75.3 Å². The largest absolute Gasteiger partial charge is 0.465 e. The monoisotopic (exact) mass is 334 g/mol. The average Bonchev–Trinajstić information content (AvgIpc) is 2.54. The van der Waals surface area contributed by atoms with E-state index in [4.69, 9.17) is 23.2 Å². The van der Waals surface area contributed by atoms with E-state index >= 15 is 0 Å². The van der Waals surface area contributed by atoms with Crippen LogP contribution in [0.2, 0.25) is 10.0 Å². The molecular weight excluding hydrogens is 323 g/mol. The second kappa shape index (κ2) is 7.25. The number of ketones is 1. The molecule has 0 radical (unpaired) electrons. The van der Waals surface area contributed by atoms with E-state index in [1.165, 1.54) is 19.3 Å². The Bertz CT molecular complexity index is 734.